The number of hydrogen-bond donors (Lipinski definition) is 1. The van der Waals surface area contributed by atoms with Crippen molar-refractivity contribution in [3.05, 3.63) is 70.7 Å². The Morgan fingerprint density at radius 2 is 1.70 bits per heavy atom. The van der Waals surface area contributed by atoms with Crippen molar-refractivity contribution in [2.45, 2.75) is 24.5 Å². The maximum Gasteiger partial charge on any atom is 0.332 e. The first-order chi connectivity index (χ1) is 15.9. The third kappa shape index (κ3) is 3.07. The topological polar surface area (TPSA) is 73.0 Å². The molecule has 1 unspecified atom stereocenters. The van der Waals surface area contributed by atoms with Gasteiger partial charge in [-0.05, 0) is 36.1 Å². The summed E-state index contributed by atoms with van der Waals surface area (Å²) in [4.78, 5) is 44.5. The fourth-order valence-electron chi connectivity index (χ4n) is 5.34. The number of halogens is 2. The quantitative estimate of drug-likeness (QED) is 0.526. The lowest BCUT2D eigenvalue weighted by molar-refractivity contribution is -0.120. The smallest absolute Gasteiger partial charge is 0.317 e. The van der Waals surface area contributed by atoms with Gasteiger partial charge in [0.05, 0.1) is 17.8 Å². The van der Waals surface area contributed by atoms with Crippen molar-refractivity contribution in [2.75, 3.05) is 16.8 Å². The van der Waals surface area contributed by atoms with E-state index in [4.69, 9.17) is 23.2 Å². The number of carbonyl (C=O) groups excluding carboxylic acids is 3. The summed E-state index contributed by atoms with van der Waals surface area (Å²) in [5, 5.41) is 5.42. The summed E-state index contributed by atoms with van der Waals surface area (Å²) in [5.74, 6) is -0.299. The molecule has 3 saturated heterocycles. The largest absolute Gasteiger partial charge is 0.332 e. The maximum absolute atomic E-state index is 13.5. The van der Waals surface area contributed by atoms with Crippen molar-refractivity contribution >= 4 is 63.3 Å². The van der Waals surface area contributed by atoms with Crippen LogP contribution in [0.2, 0.25) is 10.0 Å². The number of piperazine rings is 1. The van der Waals surface area contributed by atoms with Gasteiger partial charge in [-0.2, -0.15) is 0 Å². The van der Waals surface area contributed by atoms with Gasteiger partial charge in [0.25, 0.3) is 5.91 Å². The minimum atomic E-state index is -0.691. The standard InChI is InChI=1S/C24H18Cl2N4O3/c25-14-8-15(26)10-16(9-14)27-23(32)28-12-17-11-20(28)21-22(31)30(24(33)29(17)21)19-7-3-5-13-4-1-2-6-18(13)19/h1-10,17,20-21H,11-12H2,(H,27,32)/t17-,20?,21-/m1/s1. The predicted octanol–water partition coefficient (Wildman–Crippen LogP) is 4.97. The molecule has 33 heavy (non-hydrogen) atoms. The van der Waals surface area contributed by atoms with E-state index in [0.29, 0.717) is 34.4 Å². The number of nitrogens with zero attached hydrogens (tertiary/aromatic N) is 3. The molecule has 3 aliphatic rings. The van der Waals surface area contributed by atoms with Gasteiger partial charge in [0.15, 0.2) is 0 Å². The van der Waals surface area contributed by atoms with Crippen molar-refractivity contribution in [2.24, 2.45) is 0 Å². The lowest BCUT2D eigenvalue weighted by Crippen LogP contribution is -2.55. The Balaban J connectivity index is 1.29. The molecular weight excluding hydrogens is 463 g/mol. The third-order valence-electron chi connectivity index (χ3n) is 6.65. The molecular formula is C24H18Cl2N4O3. The summed E-state index contributed by atoms with van der Waals surface area (Å²) in [6, 6.07) is 16.1. The lowest BCUT2D eigenvalue weighted by Gasteiger charge is -2.34. The average molecular weight is 481 g/mol. The molecule has 0 radical (unpaired) electrons. The number of amides is 5. The van der Waals surface area contributed by atoms with E-state index in [1.54, 1.807) is 34.1 Å². The van der Waals surface area contributed by atoms with Crippen LogP contribution in [0.5, 0.6) is 0 Å². The van der Waals surface area contributed by atoms with Gasteiger partial charge in [-0.15, -0.1) is 0 Å². The number of fused-ring (bicyclic) bond motifs is 6. The van der Waals surface area contributed by atoms with E-state index < -0.39 is 6.04 Å². The number of likely N-dealkylation sites (tertiary alicyclic amines) is 1. The third-order valence-corrected chi connectivity index (χ3v) is 7.08. The molecule has 1 N–H and O–H groups in total. The van der Waals surface area contributed by atoms with Gasteiger partial charge in [-0.1, -0.05) is 59.6 Å². The molecule has 0 spiro atoms. The van der Waals surface area contributed by atoms with Crippen LogP contribution in [0.1, 0.15) is 6.42 Å². The summed E-state index contributed by atoms with van der Waals surface area (Å²) in [6.07, 6.45) is 0.579. The van der Waals surface area contributed by atoms with E-state index in [1.165, 1.54) is 4.90 Å². The maximum atomic E-state index is 13.5. The second-order valence-electron chi connectivity index (χ2n) is 8.50. The molecule has 0 saturated carbocycles. The van der Waals surface area contributed by atoms with Crippen LogP contribution >= 0.6 is 23.2 Å². The van der Waals surface area contributed by atoms with E-state index in [1.807, 2.05) is 36.4 Å². The fraction of sp³-hybridized carbons (Fsp3) is 0.208. The van der Waals surface area contributed by atoms with Crippen LogP contribution in [0.4, 0.5) is 21.0 Å². The molecule has 3 heterocycles. The molecule has 3 aliphatic heterocycles. The molecule has 166 valence electrons. The van der Waals surface area contributed by atoms with Crippen LogP contribution in [0, 0.1) is 0 Å². The molecule has 0 aliphatic carbocycles. The summed E-state index contributed by atoms with van der Waals surface area (Å²) in [5.41, 5.74) is 1.05. The Bertz CT molecular complexity index is 1320. The Labute approximate surface area is 199 Å². The Kier molecular flexibility index (Phi) is 4.54. The van der Waals surface area contributed by atoms with Gasteiger partial charge in [-0.25, -0.2) is 14.5 Å². The normalized spacial score (nSPS) is 23.6. The molecule has 9 heteroatoms. The number of rotatable bonds is 2. The first-order valence-corrected chi connectivity index (χ1v) is 11.4. The number of hydrogen-bond acceptors (Lipinski definition) is 3. The molecule has 3 aromatic rings. The highest BCUT2D eigenvalue weighted by Gasteiger charge is 2.63. The summed E-state index contributed by atoms with van der Waals surface area (Å²) < 4.78 is 0. The molecule has 3 aromatic carbocycles. The number of nitrogens with one attached hydrogen (secondary N) is 1. The van der Waals surface area contributed by atoms with Crippen LogP contribution in [0.15, 0.2) is 60.7 Å². The SMILES string of the molecule is O=C1[C@H]2C3C[C@H](CN3C(=O)Nc3cc(Cl)cc(Cl)c3)N2C(=O)N1c1cccc2ccccc12. The highest BCUT2D eigenvalue weighted by atomic mass is 35.5. The number of imide groups is 1. The predicted molar refractivity (Wildman–Crippen MR) is 127 cm³/mol. The molecule has 3 fully saturated rings. The zero-order valence-corrected chi connectivity index (χ0v) is 18.8. The first-order valence-electron chi connectivity index (χ1n) is 10.6. The summed E-state index contributed by atoms with van der Waals surface area (Å²) in [7, 11) is 0. The number of urea groups is 2. The minimum Gasteiger partial charge on any atom is -0.317 e. The molecule has 2 bridgehead atoms. The van der Waals surface area contributed by atoms with Crippen molar-refractivity contribution in [3.63, 3.8) is 0 Å². The zero-order valence-electron chi connectivity index (χ0n) is 17.2. The average Bonchev–Trinajstić information content (AvgIpc) is 3.44. The van der Waals surface area contributed by atoms with Crippen molar-refractivity contribution in [1.29, 1.82) is 0 Å². The van der Waals surface area contributed by atoms with Gasteiger partial charge in [0.2, 0.25) is 0 Å². The molecule has 3 atom stereocenters. The molecule has 6 rings (SSSR count). The first kappa shape index (κ1) is 20.3. The van der Waals surface area contributed by atoms with Gasteiger partial charge in [-0.3, -0.25) is 4.79 Å². The second-order valence-corrected chi connectivity index (χ2v) is 9.38. The number of benzene rings is 3. The van der Waals surface area contributed by atoms with Crippen molar-refractivity contribution in [3.8, 4) is 0 Å². The van der Waals surface area contributed by atoms with Crippen LogP contribution < -0.4 is 10.2 Å². The van der Waals surface area contributed by atoms with Gasteiger partial charge in [0, 0.05) is 27.7 Å². The zero-order chi connectivity index (χ0) is 22.9. The Hall–Kier alpha value is -3.29. The Morgan fingerprint density at radius 3 is 2.48 bits per heavy atom. The van der Waals surface area contributed by atoms with E-state index >= 15 is 0 Å². The van der Waals surface area contributed by atoms with E-state index in [-0.39, 0.29) is 30.1 Å². The minimum absolute atomic E-state index is 0.204. The second kappa shape index (κ2) is 7.37. The van der Waals surface area contributed by atoms with Gasteiger partial charge in [0.1, 0.15) is 6.04 Å². The van der Waals surface area contributed by atoms with E-state index in [2.05, 4.69) is 5.32 Å². The van der Waals surface area contributed by atoms with Gasteiger partial charge < -0.3 is 15.1 Å². The summed E-state index contributed by atoms with van der Waals surface area (Å²) >= 11 is 12.1. The van der Waals surface area contributed by atoms with Crippen LogP contribution in [-0.2, 0) is 4.79 Å². The number of anilines is 2. The molecule has 5 amide bonds. The highest BCUT2D eigenvalue weighted by Crippen LogP contribution is 2.43. The number of carbonyl (C=O) groups is 3. The Morgan fingerprint density at radius 1 is 0.970 bits per heavy atom. The monoisotopic (exact) mass is 480 g/mol. The van der Waals surface area contributed by atoms with Crippen LogP contribution in [-0.4, -0.2) is 52.4 Å². The van der Waals surface area contributed by atoms with E-state index in [0.717, 1.165) is 10.8 Å². The summed E-state index contributed by atoms with van der Waals surface area (Å²) in [6.45, 7) is 0.365. The molecule has 7 nitrogen and oxygen atoms in total. The van der Waals surface area contributed by atoms with Crippen molar-refractivity contribution in [1.82, 2.24) is 9.80 Å². The van der Waals surface area contributed by atoms with Crippen molar-refractivity contribution < 1.29 is 14.4 Å². The fourth-order valence-corrected chi connectivity index (χ4v) is 5.86. The van der Waals surface area contributed by atoms with Crippen LogP contribution in [0.3, 0.4) is 0 Å². The van der Waals surface area contributed by atoms with Crippen LogP contribution in [0.25, 0.3) is 10.8 Å². The highest BCUT2D eigenvalue weighted by molar-refractivity contribution is 6.35. The van der Waals surface area contributed by atoms with Gasteiger partial charge >= 0.3 is 12.1 Å². The lowest BCUT2D eigenvalue weighted by atomic mass is 10.1. The molecule has 0 aromatic heterocycles. The van der Waals surface area contributed by atoms with E-state index in [9.17, 15) is 14.4 Å².